The minimum absolute atomic E-state index is 0.112. The van der Waals surface area contributed by atoms with Gasteiger partial charge >= 0.3 is 0 Å². The molecule has 1 atom stereocenters. The number of fused-ring (bicyclic) bond motifs is 10. The van der Waals surface area contributed by atoms with E-state index >= 15 is 0 Å². The van der Waals surface area contributed by atoms with E-state index in [2.05, 4.69) is 175 Å². The Morgan fingerprint density at radius 2 is 1.14 bits per heavy atom. The number of benzene rings is 8. The van der Waals surface area contributed by atoms with Crippen molar-refractivity contribution in [3.05, 3.63) is 198 Å². The van der Waals surface area contributed by atoms with Gasteiger partial charge in [0, 0.05) is 17.8 Å². The zero-order valence-corrected chi connectivity index (χ0v) is 27.5. The zero-order valence-electron chi connectivity index (χ0n) is 27.5. The minimum atomic E-state index is 0.112. The molecule has 2 aliphatic rings. The molecule has 2 heteroatoms. The van der Waals surface area contributed by atoms with Gasteiger partial charge in [-0.15, -0.1) is 0 Å². The van der Waals surface area contributed by atoms with Crippen molar-refractivity contribution in [1.82, 2.24) is 5.32 Å². The molecule has 236 valence electrons. The van der Waals surface area contributed by atoms with Gasteiger partial charge in [0.05, 0.1) is 6.04 Å². The second kappa shape index (κ2) is 11.4. The van der Waals surface area contributed by atoms with Gasteiger partial charge < -0.3 is 11.1 Å². The van der Waals surface area contributed by atoms with Crippen LogP contribution in [0.2, 0.25) is 0 Å². The molecule has 0 bridgehead atoms. The van der Waals surface area contributed by atoms with E-state index in [0.29, 0.717) is 0 Å². The number of hydrogen-bond acceptors (Lipinski definition) is 2. The average Bonchev–Trinajstić information content (AvgIpc) is 3.18. The van der Waals surface area contributed by atoms with Crippen LogP contribution in [0.5, 0.6) is 0 Å². The smallest absolute Gasteiger partial charge is 0.0698 e. The maximum Gasteiger partial charge on any atom is 0.0698 e. The third kappa shape index (κ3) is 4.72. The third-order valence-corrected chi connectivity index (χ3v) is 10.6. The molecule has 0 aromatic heterocycles. The number of allylic oxidation sites excluding steroid dienone is 7. The second-order valence-electron chi connectivity index (χ2n) is 13.6. The van der Waals surface area contributed by atoms with Crippen molar-refractivity contribution in [3.8, 4) is 0 Å². The van der Waals surface area contributed by atoms with Gasteiger partial charge in [-0.2, -0.15) is 0 Å². The predicted octanol–water partition coefficient (Wildman–Crippen LogP) is 11.9. The van der Waals surface area contributed by atoms with Crippen molar-refractivity contribution < 1.29 is 0 Å². The highest BCUT2D eigenvalue weighted by molar-refractivity contribution is 6.21. The molecule has 1 aliphatic heterocycles. The van der Waals surface area contributed by atoms with E-state index in [9.17, 15) is 0 Å². The summed E-state index contributed by atoms with van der Waals surface area (Å²) in [7, 11) is 0. The van der Waals surface area contributed by atoms with Crippen LogP contribution in [0.4, 0.5) is 0 Å². The van der Waals surface area contributed by atoms with E-state index in [1.54, 1.807) is 0 Å². The zero-order chi connectivity index (χ0) is 33.2. The summed E-state index contributed by atoms with van der Waals surface area (Å²) in [5.41, 5.74) is 13.5. The molecule has 1 unspecified atom stereocenters. The number of hydrogen-bond donors (Lipinski definition) is 2. The molecule has 2 nitrogen and oxygen atoms in total. The summed E-state index contributed by atoms with van der Waals surface area (Å²) in [5, 5.41) is 19.1. The van der Waals surface area contributed by atoms with Crippen molar-refractivity contribution >= 4 is 70.3 Å². The van der Waals surface area contributed by atoms with Gasteiger partial charge in [0.1, 0.15) is 0 Å². The normalized spacial score (nSPS) is 17.1. The fraction of sp³-hybridized carbons (Fsp3) is 0.0417. The Bertz CT molecular complexity index is 2880. The van der Waals surface area contributed by atoms with Crippen molar-refractivity contribution in [2.75, 3.05) is 0 Å². The molecule has 1 aliphatic carbocycles. The Morgan fingerprint density at radius 1 is 0.560 bits per heavy atom. The largest absolute Gasteiger partial charge is 0.398 e. The number of dihydropyridines is 1. The van der Waals surface area contributed by atoms with Gasteiger partial charge in [-0.3, -0.25) is 0 Å². The van der Waals surface area contributed by atoms with E-state index in [0.717, 1.165) is 17.7 Å². The topological polar surface area (TPSA) is 38.0 Å². The molecule has 3 N–H and O–H groups in total. The van der Waals surface area contributed by atoms with Crippen LogP contribution in [0.15, 0.2) is 187 Å². The molecule has 10 rings (SSSR count). The van der Waals surface area contributed by atoms with Crippen molar-refractivity contribution in [2.24, 2.45) is 5.73 Å². The average molecular weight is 639 g/mol. The van der Waals surface area contributed by atoms with E-state index in [1.165, 1.54) is 87.0 Å². The molecule has 50 heavy (non-hydrogen) atoms. The summed E-state index contributed by atoms with van der Waals surface area (Å²) >= 11 is 0. The lowest BCUT2D eigenvalue weighted by molar-refractivity contribution is 0.679. The van der Waals surface area contributed by atoms with E-state index in [4.69, 9.17) is 5.73 Å². The first-order valence-corrected chi connectivity index (χ1v) is 17.4. The summed E-state index contributed by atoms with van der Waals surface area (Å²) in [4.78, 5) is 0. The van der Waals surface area contributed by atoms with Crippen LogP contribution in [-0.2, 0) is 0 Å². The number of rotatable bonds is 3. The van der Waals surface area contributed by atoms with Crippen molar-refractivity contribution in [3.63, 3.8) is 0 Å². The van der Waals surface area contributed by atoms with E-state index in [1.807, 2.05) is 0 Å². The van der Waals surface area contributed by atoms with Crippen LogP contribution in [0, 0.1) is 0 Å². The summed E-state index contributed by atoms with van der Waals surface area (Å²) in [6.45, 7) is 0. The summed E-state index contributed by atoms with van der Waals surface area (Å²) in [6, 6.07) is 48.7. The van der Waals surface area contributed by atoms with Gasteiger partial charge in [-0.05, 0) is 105 Å². The maximum atomic E-state index is 6.70. The first kappa shape index (κ1) is 28.6. The molecule has 0 amide bonds. The SMILES string of the molecule is N/C(=C\C=C1\C=CC2=C(C1)NC(c1ccc3c(ccc4ccc5ccccc5c43)c1)C=C2)c1ccc2c(ccc3ccc4ccccc4c32)c1. The lowest BCUT2D eigenvalue weighted by Crippen LogP contribution is -2.24. The Morgan fingerprint density at radius 3 is 1.84 bits per heavy atom. The van der Waals surface area contributed by atoms with Gasteiger partial charge in [0.25, 0.3) is 0 Å². The predicted molar refractivity (Wildman–Crippen MR) is 214 cm³/mol. The molecule has 8 aromatic rings. The first-order valence-electron chi connectivity index (χ1n) is 17.4. The van der Waals surface area contributed by atoms with Gasteiger partial charge in [-0.25, -0.2) is 0 Å². The Labute approximate surface area is 290 Å². The molecule has 8 aromatic carbocycles. The lowest BCUT2D eigenvalue weighted by Gasteiger charge is -2.27. The van der Waals surface area contributed by atoms with Gasteiger partial charge in [-0.1, -0.05) is 152 Å². The molecule has 0 saturated carbocycles. The molecule has 1 heterocycles. The number of nitrogens with two attached hydrogens (primary N) is 1. The molecule has 0 spiro atoms. The minimum Gasteiger partial charge on any atom is -0.398 e. The quantitative estimate of drug-likeness (QED) is 0.189. The van der Waals surface area contributed by atoms with Gasteiger partial charge in [0.15, 0.2) is 0 Å². The fourth-order valence-corrected chi connectivity index (χ4v) is 8.05. The Balaban J connectivity index is 0.910. The Kier molecular flexibility index (Phi) is 6.50. The summed E-state index contributed by atoms with van der Waals surface area (Å²) in [5.74, 6) is 0. The standard InChI is InChI=1S/C48H34N2/c49-44(38-20-23-42-36(28-38)18-16-34-14-12-31-5-1-3-7-40(31)47(34)42)25-10-30-9-11-33-22-26-45(50-46(33)27-30)39-21-24-43-37(29-39)19-17-35-15-13-32-6-2-4-8-41(32)48(35)43/h1-26,28-29,45,50H,27,49H2/b30-10-,44-25-. The lowest BCUT2D eigenvalue weighted by atomic mass is 9.91. The van der Waals surface area contributed by atoms with Crippen LogP contribution in [0.25, 0.3) is 70.3 Å². The van der Waals surface area contributed by atoms with Crippen LogP contribution < -0.4 is 11.1 Å². The van der Waals surface area contributed by atoms with Crippen LogP contribution in [0.1, 0.15) is 23.6 Å². The highest BCUT2D eigenvalue weighted by Gasteiger charge is 2.19. The molecular formula is C48H34N2. The van der Waals surface area contributed by atoms with Crippen LogP contribution in [-0.4, -0.2) is 0 Å². The highest BCUT2D eigenvalue weighted by Crippen LogP contribution is 2.36. The number of nitrogens with one attached hydrogen (secondary N) is 1. The maximum absolute atomic E-state index is 6.70. The molecular weight excluding hydrogens is 605 g/mol. The van der Waals surface area contributed by atoms with Crippen LogP contribution in [0.3, 0.4) is 0 Å². The highest BCUT2D eigenvalue weighted by atomic mass is 14.9. The first-order chi connectivity index (χ1) is 24.7. The van der Waals surface area contributed by atoms with Crippen LogP contribution >= 0.6 is 0 Å². The van der Waals surface area contributed by atoms with E-state index < -0.39 is 0 Å². The Hall–Kier alpha value is -6.38. The van der Waals surface area contributed by atoms with Gasteiger partial charge in [0.2, 0.25) is 0 Å². The molecule has 0 fully saturated rings. The summed E-state index contributed by atoms with van der Waals surface area (Å²) in [6.07, 6.45) is 14.0. The fourth-order valence-electron chi connectivity index (χ4n) is 8.05. The summed E-state index contributed by atoms with van der Waals surface area (Å²) < 4.78 is 0. The van der Waals surface area contributed by atoms with E-state index in [-0.39, 0.29) is 6.04 Å². The second-order valence-corrected chi connectivity index (χ2v) is 13.6. The molecule has 0 radical (unpaired) electrons. The third-order valence-electron chi connectivity index (χ3n) is 10.6. The molecule has 0 saturated heterocycles. The van der Waals surface area contributed by atoms with Crippen molar-refractivity contribution in [1.29, 1.82) is 0 Å². The monoisotopic (exact) mass is 638 g/mol. The van der Waals surface area contributed by atoms with Crippen molar-refractivity contribution in [2.45, 2.75) is 12.5 Å².